The monoisotopic (exact) mass is 267 g/mol. The van der Waals surface area contributed by atoms with Gasteiger partial charge in [0.05, 0.1) is 18.2 Å². The molecule has 4 nitrogen and oxygen atoms in total. The highest BCUT2D eigenvalue weighted by Gasteiger charge is 2.48. The van der Waals surface area contributed by atoms with Crippen molar-refractivity contribution >= 4 is 29.3 Å². The third-order valence-corrected chi connectivity index (χ3v) is 3.75. The first-order chi connectivity index (χ1) is 8.32. The molecule has 5 heteroatoms. The fourth-order valence-corrected chi connectivity index (χ4v) is 2.57. The van der Waals surface area contributed by atoms with Crippen LogP contribution in [0.5, 0.6) is 0 Å². The molecule has 1 heterocycles. The van der Waals surface area contributed by atoms with Gasteiger partial charge in [-0.1, -0.05) is 11.6 Å². The third-order valence-electron chi connectivity index (χ3n) is 3.34. The van der Waals surface area contributed by atoms with Gasteiger partial charge in [0.2, 0.25) is 5.91 Å². The van der Waals surface area contributed by atoms with Crippen molar-refractivity contribution in [1.82, 2.24) is 0 Å². The molecule has 0 saturated carbocycles. The molecule has 0 atom stereocenters. The summed E-state index contributed by atoms with van der Waals surface area (Å²) in [6.45, 7) is 5.40. The van der Waals surface area contributed by atoms with Crippen LogP contribution in [0.3, 0.4) is 0 Å². The fourth-order valence-electron chi connectivity index (χ4n) is 2.42. The second kappa shape index (κ2) is 3.99. The van der Waals surface area contributed by atoms with Gasteiger partial charge in [0, 0.05) is 5.02 Å². The van der Waals surface area contributed by atoms with Gasteiger partial charge in [0.1, 0.15) is 0 Å². The first-order valence-corrected chi connectivity index (χ1v) is 5.92. The number of nitrogens with zero attached hydrogens (tertiary/aromatic N) is 1. The van der Waals surface area contributed by atoms with Crippen LogP contribution >= 0.6 is 11.6 Å². The summed E-state index contributed by atoms with van der Waals surface area (Å²) >= 11 is 6.08. The molecule has 1 aromatic rings. The summed E-state index contributed by atoms with van der Waals surface area (Å²) in [7, 11) is 1.25. The minimum absolute atomic E-state index is 0.297. The Morgan fingerprint density at radius 2 is 2.00 bits per heavy atom. The number of hydrogen-bond acceptors (Lipinski definition) is 3. The molecule has 0 saturated heterocycles. The largest absolute Gasteiger partial charge is 0.452 e. The molecule has 0 bridgehead atoms. The minimum Gasteiger partial charge on any atom is -0.452 e. The zero-order chi connectivity index (χ0) is 13.7. The molecular formula is C13H14ClNO3. The Kier molecular flexibility index (Phi) is 2.86. The average molecular weight is 268 g/mol. The highest BCUT2D eigenvalue weighted by molar-refractivity contribution is 6.32. The maximum Gasteiger partial charge on any atom is 0.420 e. The van der Waals surface area contributed by atoms with Gasteiger partial charge in [0.15, 0.2) is 0 Å². The van der Waals surface area contributed by atoms with Crippen LogP contribution < -0.4 is 4.90 Å². The van der Waals surface area contributed by atoms with Crippen LogP contribution in [-0.4, -0.2) is 19.1 Å². The van der Waals surface area contributed by atoms with Gasteiger partial charge in [-0.2, -0.15) is 0 Å². The van der Waals surface area contributed by atoms with E-state index >= 15 is 0 Å². The quantitative estimate of drug-likeness (QED) is 0.726. The first kappa shape index (κ1) is 12.9. The number of methoxy groups -OCH3 is 1. The SMILES string of the molecule is COC(=O)N1C(=O)C(C)(C)c2c1ccc(Cl)c2C. The van der Waals surface area contributed by atoms with Crippen molar-refractivity contribution in [3.63, 3.8) is 0 Å². The lowest BCUT2D eigenvalue weighted by atomic mass is 9.83. The molecule has 0 aromatic heterocycles. The number of halogens is 1. The van der Waals surface area contributed by atoms with Crippen molar-refractivity contribution in [3.05, 3.63) is 28.3 Å². The van der Waals surface area contributed by atoms with Crippen molar-refractivity contribution < 1.29 is 14.3 Å². The van der Waals surface area contributed by atoms with Crippen molar-refractivity contribution in [2.24, 2.45) is 0 Å². The van der Waals surface area contributed by atoms with E-state index < -0.39 is 11.5 Å². The topological polar surface area (TPSA) is 46.6 Å². The second-order valence-electron chi connectivity index (χ2n) is 4.80. The van der Waals surface area contributed by atoms with Gasteiger partial charge in [-0.25, -0.2) is 9.69 Å². The van der Waals surface area contributed by atoms with Crippen LogP contribution in [0.2, 0.25) is 5.02 Å². The predicted molar refractivity (Wildman–Crippen MR) is 69.1 cm³/mol. The van der Waals surface area contributed by atoms with Crippen molar-refractivity contribution in [1.29, 1.82) is 0 Å². The summed E-state index contributed by atoms with van der Waals surface area (Å²) in [6, 6.07) is 3.36. The number of carbonyl (C=O) groups is 2. The number of imide groups is 1. The van der Waals surface area contributed by atoms with Crippen LogP contribution in [0.15, 0.2) is 12.1 Å². The van der Waals surface area contributed by atoms with E-state index in [-0.39, 0.29) is 5.91 Å². The molecule has 18 heavy (non-hydrogen) atoms. The Labute approximate surface area is 110 Å². The molecule has 1 aliphatic rings. The number of carbonyl (C=O) groups excluding carboxylic acids is 2. The summed E-state index contributed by atoms with van der Waals surface area (Å²) in [5, 5.41) is 0.585. The highest BCUT2D eigenvalue weighted by atomic mass is 35.5. The van der Waals surface area contributed by atoms with E-state index in [0.717, 1.165) is 16.0 Å². The summed E-state index contributed by atoms with van der Waals surface area (Å²) in [5.74, 6) is -0.297. The van der Waals surface area contributed by atoms with Crippen LogP contribution in [0.25, 0.3) is 0 Å². The zero-order valence-electron chi connectivity index (χ0n) is 10.7. The minimum atomic E-state index is -0.779. The normalized spacial score (nSPS) is 16.7. The van der Waals surface area contributed by atoms with Crippen molar-refractivity contribution in [3.8, 4) is 0 Å². The first-order valence-electron chi connectivity index (χ1n) is 5.54. The molecule has 1 aromatic carbocycles. The highest BCUT2D eigenvalue weighted by Crippen LogP contribution is 2.45. The number of anilines is 1. The van der Waals surface area contributed by atoms with Crippen LogP contribution in [-0.2, 0) is 14.9 Å². The summed E-state index contributed by atoms with van der Waals surface area (Å²) in [5.41, 5.74) is 1.38. The number of amides is 2. The second-order valence-corrected chi connectivity index (χ2v) is 5.21. The zero-order valence-corrected chi connectivity index (χ0v) is 11.5. The van der Waals surface area contributed by atoms with Gasteiger partial charge >= 0.3 is 6.09 Å². The molecular weight excluding hydrogens is 254 g/mol. The maximum absolute atomic E-state index is 12.3. The van der Waals surface area contributed by atoms with E-state index in [9.17, 15) is 9.59 Å². The molecule has 0 radical (unpaired) electrons. The molecule has 1 aliphatic heterocycles. The van der Waals surface area contributed by atoms with Gasteiger partial charge < -0.3 is 4.74 Å². The smallest absolute Gasteiger partial charge is 0.420 e. The average Bonchev–Trinajstić information content (AvgIpc) is 2.52. The Morgan fingerprint density at radius 3 is 2.56 bits per heavy atom. The Bertz CT molecular complexity index is 551. The summed E-state index contributed by atoms with van der Waals surface area (Å²) in [4.78, 5) is 25.1. The molecule has 96 valence electrons. The van der Waals surface area contributed by atoms with Crippen LogP contribution in [0, 0.1) is 6.92 Å². The third kappa shape index (κ3) is 1.52. The number of fused-ring (bicyclic) bond motifs is 1. The molecule has 2 amide bonds. The Balaban J connectivity index is 2.73. The van der Waals surface area contributed by atoms with E-state index in [1.165, 1.54) is 7.11 Å². The molecule has 2 rings (SSSR count). The molecule has 0 unspecified atom stereocenters. The lowest BCUT2D eigenvalue weighted by Gasteiger charge is -2.18. The fraction of sp³-hybridized carbons (Fsp3) is 0.385. The summed E-state index contributed by atoms with van der Waals surface area (Å²) < 4.78 is 4.66. The van der Waals surface area contributed by atoms with E-state index in [2.05, 4.69) is 4.74 Å². The number of hydrogen-bond donors (Lipinski definition) is 0. The molecule has 0 spiro atoms. The molecule has 0 fully saturated rings. The van der Waals surface area contributed by atoms with E-state index in [1.54, 1.807) is 26.0 Å². The van der Waals surface area contributed by atoms with Gasteiger partial charge in [-0.05, 0) is 44.0 Å². The van der Waals surface area contributed by atoms with Gasteiger partial charge in [0.25, 0.3) is 0 Å². The maximum atomic E-state index is 12.3. The standard InChI is InChI=1S/C13H14ClNO3/c1-7-8(14)5-6-9-10(7)13(2,3)11(16)15(9)12(17)18-4/h5-6H,1-4H3. The predicted octanol–water partition coefficient (Wildman–Crippen LogP) is 3.04. The lowest BCUT2D eigenvalue weighted by molar-refractivity contribution is -0.121. The number of benzene rings is 1. The van der Waals surface area contributed by atoms with Crippen molar-refractivity contribution in [2.75, 3.05) is 12.0 Å². The van der Waals surface area contributed by atoms with E-state index in [4.69, 9.17) is 11.6 Å². The van der Waals surface area contributed by atoms with Gasteiger partial charge in [-0.3, -0.25) is 4.79 Å². The van der Waals surface area contributed by atoms with Crippen molar-refractivity contribution in [2.45, 2.75) is 26.2 Å². The van der Waals surface area contributed by atoms with Crippen LogP contribution in [0.4, 0.5) is 10.5 Å². The summed E-state index contributed by atoms with van der Waals surface area (Å²) in [6.07, 6.45) is -0.673. The molecule has 0 aliphatic carbocycles. The Morgan fingerprint density at radius 1 is 1.39 bits per heavy atom. The van der Waals surface area contributed by atoms with Crippen LogP contribution in [0.1, 0.15) is 25.0 Å². The number of ether oxygens (including phenoxy) is 1. The Hall–Kier alpha value is -1.55. The number of rotatable bonds is 0. The van der Waals surface area contributed by atoms with Gasteiger partial charge in [-0.15, -0.1) is 0 Å². The van der Waals surface area contributed by atoms with E-state index in [0.29, 0.717) is 10.7 Å². The van der Waals surface area contributed by atoms with E-state index in [1.807, 2.05) is 6.92 Å². The molecule has 0 N–H and O–H groups in total. The lowest BCUT2D eigenvalue weighted by Crippen LogP contribution is -2.40.